The van der Waals surface area contributed by atoms with Crippen molar-refractivity contribution in [3.05, 3.63) is 71.9 Å². The second-order valence-corrected chi connectivity index (χ2v) is 14.2. The van der Waals surface area contributed by atoms with Gasteiger partial charge >= 0.3 is 0 Å². The molecule has 0 atom stereocenters. The standard InChI is InChI=1S/C30H30BrN6O4P/c1-39-27-15-26(37-9-12-40-13-10-37)21(19-8-11-41-18-19)14-24(27)35-30-33-16-22(31)29(36-30)34-25-17-32-23-7-5-4-6-20(23)28(25)42(2,3)38/h4-8,11,14-18H,9-10,12-13H2,1-3H3,(H2,33,34,35,36). The summed E-state index contributed by atoms with van der Waals surface area (Å²) in [6.45, 7) is 6.39. The lowest BCUT2D eigenvalue weighted by molar-refractivity contribution is 0.122. The molecular weight excluding hydrogens is 619 g/mol. The minimum atomic E-state index is -2.69. The van der Waals surface area contributed by atoms with Gasteiger partial charge in [-0.3, -0.25) is 4.98 Å². The van der Waals surface area contributed by atoms with Crippen LogP contribution in [0, 0.1) is 0 Å². The molecule has 0 unspecified atom stereocenters. The Hall–Kier alpha value is -3.92. The lowest BCUT2D eigenvalue weighted by Gasteiger charge is -2.31. The van der Waals surface area contributed by atoms with Crippen LogP contribution in [0.15, 0.2) is 76.3 Å². The molecule has 5 aromatic rings. The zero-order valence-electron chi connectivity index (χ0n) is 23.4. The maximum Gasteiger partial charge on any atom is 0.229 e. The van der Waals surface area contributed by atoms with E-state index in [9.17, 15) is 4.57 Å². The highest BCUT2D eigenvalue weighted by Crippen LogP contribution is 2.43. The summed E-state index contributed by atoms with van der Waals surface area (Å²) in [7, 11) is -1.05. The maximum absolute atomic E-state index is 13.4. The number of para-hydroxylation sites is 1. The Labute approximate surface area is 252 Å². The number of pyridine rings is 1. The predicted octanol–water partition coefficient (Wildman–Crippen LogP) is 6.63. The molecule has 1 fully saturated rings. The summed E-state index contributed by atoms with van der Waals surface area (Å²) in [6.07, 6.45) is 6.74. The molecule has 2 N–H and O–H groups in total. The highest BCUT2D eigenvalue weighted by molar-refractivity contribution is 9.10. The van der Waals surface area contributed by atoms with Gasteiger partial charge in [-0.05, 0) is 47.5 Å². The molecule has 12 heteroatoms. The Morgan fingerprint density at radius 1 is 1.02 bits per heavy atom. The van der Waals surface area contributed by atoms with E-state index in [1.165, 1.54) is 0 Å². The van der Waals surface area contributed by atoms with Crippen LogP contribution in [0.3, 0.4) is 0 Å². The SMILES string of the molecule is COc1cc(N2CCOCC2)c(-c2ccoc2)cc1Nc1ncc(Br)c(Nc2cnc3ccccc3c2P(C)(C)=O)n1. The fourth-order valence-corrected chi connectivity index (χ4v) is 6.87. The van der Waals surface area contributed by atoms with Crippen molar-refractivity contribution < 1.29 is 18.5 Å². The normalized spacial score (nSPS) is 13.8. The summed E-state index contributed by atoms with van der Waals surface area (Å²) in [5.41, 5.74) is 5.06. The lowest BCUT2D eigenvalue weighted by atomic mass is 10.0. The Morgan fingerprint density at radius 2 is 1.83 bits per heavy atom. The molecule has 3 aromatic heterocycles. The van der Waals surface area contributed by atoms with Gasteiger partial charge in [0.25, 0.3) is 0 Å². The van der Waals surface area contributed by atoms with Crippen LogP contribution in [0.2, 0.25) is 0 Å². The van der Waals surface area contributed by atoms with Gasteiger partial charge in [-0.15, -0.1) is 0 Å². The maximum atomic E-state index is 13.4. The van der Waals surface area contributed by atoms with Crippen LogP contribution in [0.5, 0.6) is 5.75 Å². The molecular formula is C30H30BrN6O4P. The van der Waals surface area contributed by atoms with E-state index in [1.54, 1.807) is 45.4 Å². The number of anilines is 5. The van der Waals surface area contributed by atoms with Crippen molar-refractivity contribution in [2.45, 2.75) is 0 Å². The van der Waals surface area contributed by atoms with Crippen LogP contribution in [-0.2, 0) is 9.30 Å². The number of hydrogen-bond donors (Lipinski definition) is 2. The summed E-state index contributed by atoms with van der Waals surface area (Å²) in [6, 6.07) is 13.7. The van der Waals surface area contributed by atoms with Crippen molar-refractivity contribution in [3.8, 4) is 16.9 Å². The summed E-state index contributed by atoms with van der Waals surface area (Å²) < 4.78 is 30.8. The molecule has 0 saturated carbocycles. The number of methoxy groups -OCH3 is 1. The molecule has 10 nitrogen and oxygen atoms in total. The summed E-state index contributed by atoms with van der Waals surface area (Å²) >= 11 is 3.56. The third kappa shape index (κ3) is 5.72. The third-order valence-electron chi connectivity index (χ3n) is 7.03. The van der Waals surface area contributed by atoms with E-state index >= 15 is 0 Å². The Balaban J connectivity index is 1.37. The van der Waals surface area contributed by atoms with Crippen molar-refractivity contribution in [1.82, 2.24) is 15.0 Å². The van der Waals surface area contributed by atoms with Crippen LogP contribution < -0.4 is 25.6 Å². The van der Waals surface area contributed by atoms with Crippen LogP contribution >= 0.6 is 23.1 Å². The number of aromatic nitrogens is 3. The Kier molecular flexibility index (Phi) is 7.90. The first kappa shape index (κ1) is 28.2. The van der Waals surface area contributed by atoms with E-state index in [0.29, 0.717) is 46.6 Å². The number of benzene rings is 2. The number of hydrogen-bond acceptors (Lipinski definition) is 10. The number of morpholine rings is 1. The molecule has 1 saturated heterocycles. The molecule has 4 heterocycles. The number of nitrogens with zero attached hydrogens (tertiary/aromatic N) is 4. The first-order chi connectivity index (χ1) is 20.3. The van der Waals surface area contributed by atoms with Crippen LogP contribution in [0.1, 0.15) is 0 Å². The minimum Gasteiger partial charge on any atom is -0.494 e. The molecule has 42 heavy (non-hydrogen) atoms. The van der Waals surface area contributed by atoms with E-state index in [-0.39, 0.29) is 0 Å². The van der Waals surface area contributed by atoms with E-state index < -0.39 is 7.14 Å². The quantitative estimate of drug-likeness (QED) is 0.178. The molecule has 1 aliphatic heterocycles. The van der Waals surface area contributed by atoms with E-state index in [1.807, 2.05) is 42.5 Å². The zero-order valence-corrected chi connectivity index (χ0v) is 25.9. The smallest absolute Gasteiger partial charge is 0.229 e. The van der Waals surface area contributed by atoms with Crippen molar-refractivity contribution in [2.75, 3.05) is 62.3 Å². The van der Waals surface area contributed by atoms with Gasteiger partial charge in [0.2, 0.25) is 5.95 Å². The predicted molar refractivity (Wildman–Crippen MR) is 171 cm³/mol. The molecule has 0 radical (unpaired) electrons. The van der Waals surface area contributed by atoms with E-state index in [0.717, 1.165) is 46.1 Å². The van der Waals surface area contributed by atoms with Crippen LogP contribution in [-0.4, -0.2) is 61.7 Å². The molecule has 0 bridgehead atoms. The fraction of sp³-hybridized carbons (Fsp3) is 0.233. The molecule has 0 aliphatic carbocycles. The largest absolute Gasteiger partial charge is 0.494 e. The van der Waals surface area contributed by atoms with Crippen molar-refractivity contribution in [3.63, 3.8) is 0 Å². The number of nitrogens with one attached hydrogen (secondary N) is 2. The summed E-state index contributed by atoms with van der Waals surface area (Å²) in [5.74, 6) is 1.49. The van der Waals surface area contributed by atoms with Crippen LogP contribution in [0.4, 0.5) is 28.8 Å². The molecule has 216 valence electrons. The monoisotopic (exact) mass is 648 g/mol. The minimum absolute atomic E-state index is 0.350. The van der Waals surface area contributed by atoms with Crippen molar-refractivity contribution in [2.24, 2.45) is 0 Å². The van der Waals surface area contributed by atoms with Crippen LogP contribution in [0.25, 0.3) is 22.0 Å². The van der Waals surface area contributed by atoms with Crippen molar-refractivity contribution in [1.29, 1.82) is 0 Å². The van der Waals surface area contributed by atoms with Crippen molar-refractivity contribution >= 4 is 68.1 Å². The number of fused-ring (bicyclic) bond motifs is 1. The summed E-state index contributed by atoms with van der Waals surface area (Å²) in [5, 5.41) is 8.24. The second-order valence-electron chi connectivity index (χ2n) is 10.2. The molecule has 2 aromatic carbocycles. The highest BCUT2D eigenvalue weighted by Gasteiger charge is 2.23. The van der Waals surface area contributed by atoms with E-state index in [2.05, 4.69) is 41.4 Å². The van der Waals surface area contributed by atoms with Gasteiger partial charge in [0.05, 0.1) is 60.4 Å². The van der Waals surface area contributed by atoms with Gasteiger partial charge in [-0.1, -0.05) is 18.2 Å². The first-order valence-corrected chi connectivity index (χ1v) is 16.8. The molecule has 6 rings (SSSR count). The van der Waals surface area contributed by atoms with Gasteiger partial charge in [0, 0.05) is 52.9 Å². The van der Waals surface area contributed by atoms with E-state index in [4.69, 9.17) is 18.9 Å². The average molecular weight is 649 g/mol. The number of halogens is 1. The number of furan rings is 1. The molecule has 1 aliphatic rings. The zero-order chi connectivity index (χ0) is 29.3. The fourth-order valence-electron chi connectivity index (χ4n) is 5.11. The Morgan fingerprint density at radius 3 is 2.57 bits per heavy atom. The molecule has 0 spiro atoms. The van der Waals surface area contributed by atoms with Gasteiger partial charge < -0.3 is 34.0 Å². The van der Waals surface area contributed by atoms with Gasteiger partial charge in [0.1, 0.15) is 18.7 Å². The lowest BCUT2D eigenvalue weighted by Crippen LogP contribution is -2.36. The number of ether oxygens (including phenoxy) is 2. The van der Waals surface area contributed by atoms with Gasteiger partial charge in [0.15, 0.2) is 0 Å². The second kappa shape index (κ2) is 11.8. The molecule has 0 amide bonds. The summed E-state index contributed by atoms with van der Waals surface area (Å²) in [4.78, 5) is 16.1. The first-order valence-electron chi connectivity index (χ1n) is 13.4. The highest BCUT2D eigenvalue weighted by atomic mass is 79.9. The Bertz CT molecular complexity index is 1790. The number of rotatable bonds is 8. The third-order valence-corrected chi connectivity index (χ3v) is 9.17. The average Bonchev–Trinajstić information content (AvgIpc) is 3.53. The van der Waals surface area contributed by atoms with Gasteiger partial charge in [-0.25, -0.2) is 4.98 Å². The topological polar surface area (TPSA) is 115 Å². The van der Waals surface area contributed by atoms with Gasteiger partial charge in [-0.2, -0.15) is 4.98 Å².